The number of hydrogen-bond donors (Lipinski definition) is 2. The number of nitriles is 2. The van der Waals surface area contributed by atoms with Gasteiger partial charge in [-0.05, 0) is 54.5 Å². The van der Waals surface area contributed by atoms with Crippen molar-refractivity contribution < 1.29 is 14.3 Å². The average Bonchev–Trinajstić information content (AvgIpc) is 3.32. The molecule has 8 heteroatoms. The molecule has 2 heterocycles. The summed E-state index contributed by atoms with van der Waals surface area (Å²) in [5, 5.41) is 22.4. The number of aromatic amines is 1. The molecule has 0 fully saturated rings. The molecule has 1 unspecified atom stereocenters. The van der Waals surface area contributed by atoms with Crippen LogP contribution in [0.25, 0.3) is 28.2 Å². The third kappa shape index (κ3) is 4.89. The van der Waals surface area contributed by atoms with E-state index in [0.717, 1.165) is 22.1 Å². The van der Waals surface area contributed by atoms with Crippen LogP contribution >= 0.6 is 0 Å². The molecule has 0 spiro atoms. The Hall–Kier alpha value is -5.08. The van der Waals surface area contributed by atoms with Crippen molar-refractivity contribution in [2.24, 2.45) is 0 Å². The fraction of sp³-hybridized carbons (Fsp3) is 0.143. The molecular weight excluding hydrogens is 454 g/mol. The van der Waals surface area contributed by atoms with Crippen molar-refractivity contribution in [3.8, 4) is 34.8 Å². The Morgan fingerprint density at radius 3 is 2.47 bits per heavy atom. The first-order valence-corrected chi connectivity index (χ1v) is 11.1. The Kier molecular flexibility index (Phi) is 6.99. The summed E-state index contributed by atoms with van der Waals surface area (Å²) in [6.45, 7) is 1.83. The van der Waals surface area contributed by atoms with Gasteiger partial charge in [-0.15, -0.1) is 0 Å². The predicted molar refractivity (Wildman–Crippen MR) is 136 cm³/mol. The van der Waals surface area contributed by atoms with E-state index in [-0.39, 0.29) is 11.6 Å². The number of methoxy groups -OCH3 is 2. The Labute approximate surface area is 208 Å². The van der Waals surface area contributed by atoms with E-state index in [9.17, 15) is 10.1 Å². The highest BCUT2D eigenvalue weighted by Gasteiger charge is 2.17. The van der Waals surface area contributed by atoms with Crippen LogP contribution in [-0.2, 0) is 4.79 Å². The van der Waals surface area contributed by atoms with Crippen LogP contribution < -0.4 is 14.8 Å². The highest BCUT2D eigenvalue weighted by atomic mass is 16.5. The molecule has 8 nitrogen and oxygen atoms in total. The van der Waals surface area contributed by atoms with Gasteiger partial charge < -0.3 is 19.8 Å². The van der Waals surface area contributed by atoms with Gasteiger partial charge in [0.25, 0.3) is 5.91 Å². The Morgan fingerprint density at radius 2 is 1.81 bits per heavy atom. The number of benzene rings is 2. The zero-order valence-corrected chi connectivity index (χ0v) is 20.0. The van der Waals surface area contributed by atoms with E-state index in [0.29, 0.717) is 28.3 Å². The summed E-state index contributed by atoms with van der Waals surface area (Å²) in [5.41, 5.74) is 4.40. The minimum atomic E-state index is -0.495. The molecule has 2 aromatic heterocycles. The fourth-order valence-electron chi connectivity index (χ4n) is 3.82. The summed E-state index contributed by atoms with van der Waals surface area (Å²) >= 11 is 0. The van der Waals surface area contributed by atoms with E-state index >= 15 is 0 Å². The van der Waals surface area contributed by atoms with Crippen molar-refractivity contribution >= 4 is 23.0 Å². The molecule has 4 aromatic rings. The lowest BCUT2D eigenvalue weighted by molar-refractivity contribution is -0.117. The highest BCUT2D eigenvalue weighted by molar-refractivity contribution is 6.04. The number of hydrogen-bond acceptors (Lipinski definition) is 6. The third-order valence-electron chi connectivity index (χ3n) is 5.83. The van der Waals surface area contributed by atoms with Crippen molar-refractivity contribution in [3.63, 3.8) is 0 Å². The van der Waals surface area contributed by atoms with E-state index in [1.54, 1.807) is 57.0 Å². The van der Waals surface area contributed by atoms with Crippen LogP contribution in [0.1, 0.15) is 29.7 Å². The second kappa shape index (κ2) is 10.5. The van der Waals surface area contributed by atoms with Gasteiger partial charge in [0, 0.05) is 28.9 Å². The summed E-state index contributed by atoms with van der Waals surface area (Å²) in [5.74, 6) is 0.646. The van der Waals surface area contributed by atoms with Crippen LogP contribution in [0.2, 0.25) is 0 Å². The van der Waals surface area contributed by atoms with E-state index < -0.39 is 5.91 Å². The van der Waals surface area contributed by atoms with Gasteiger partial charge in [-0.25, -0.2) is 4.98 Å². The van der Waals surface area contributed by atoms with Crippen molar-refractivity contribution in [1.29, 1.82) is 10.5 Å². The van der Waals surface area contributed by atoms with E-state index in [4.69, 9.17) is 14.7 Å². The lowest BCUT2D eigenvalue weighted by atomic mass is 10.0. The Balaban J connectivity index is 1.60. The first-order chi connectivity index (χ1) is 17.5. The molecule has 0 radical (unpaired) electrons. The van der Waals surface area contributed by atoms with Gasteiger partial charge in [0.2, 0.25) is 0 Å². The number of carbonyl (C=O) groups is 1. The fourth-order valence-corrected chi connectivity index (χ4v) is 3.82. The molecule has 0 aliphatic heterocycles. The Bertz CT molecular complexity index is 1540. The first-order valence-electron chi connectivity index (χ1n) is 11.1. The van der Waals surface area contributed by atoms with Crippen LogP contribution in [0, 0.1) is 22.7 Å². The molecule has 4 rings (SSSR count). The molecule has 0 saturated carbocycles. The molecule has 2 aromatic carbocycles. The maximum Gasteiger partial charge on any atom is 0.262 e. The zero-order valence-electron chi connectivity index (χ0n) is 20.0. The van der Waals surface area contributed by atoms with Crippen molar-refractivity contribution in [2.75, 3.05) is 14.2 Å². The highest BCUT2D eigenvalue weighted by Crippen LogP contribution is 2.30. The molecular formula is C28H23N5O3. The lowest BCUT2D eigenvalue weighted by Gasteiger charge is -2.16. The quantitative estimate of drug-likeness (QED) is 0.288. The minimum Gasteiger partial charge on any atom is -0.493 e. The minimum absolute atomic E-state index is 0.0352. The molecule has 0 aliphatic rings. The first kappa shape index (κ1) is 24.1. The lowest BCUT2D eigenvalue weighted by Crippen LogP contribution is -2.27. The predicted octanol–water partition coefficient (Wildman–Crippen LogP) is 4.90. The number of aromatic nitrogens is 2. The molecule has 0 saturated heterocycles. The summed E-state index contributed by atoms with van der Waals surface area (Å²) < 4.78 is 10.6. The number of rotatable bonds is 7. The van der Waals surface area contributed by atoms with E-state index in [1.165, 1.54) is 0 Å². The van der Waals surface area contributed by atoms with Crippen LogP contribution in [0.5, 0.6) is 11.5 Å². The van der Waals surface area contributed by atoms with Crippen molar-refractivity contribution in [2.45, 2.75) is 13.0 Å². The topological polar surface area (TPSA) is 124 Å². The molecule has 1 amide bonds. The SMILES string of the molecule is COc1ccc(C(C)NC(=O)/C(C#N)=C\c2c[nH]c3ncc(-c4ccc(C#N)cc4)cc23)cc1OC. The van der Waals surface area contributed by atoms with E-state index in [1.807, 2.05) is 37.3 Å². The standard InChI is InChI=1S/C28H23N5O3/c1-17(20-8-9-25(35-2)26(12-20)36-3)33-28(34)21(14-30)10-23-16-32-27-24(23)11-22(15-31-27)19-6-4-18(13-29)5-7-19/h4-12,15-17H,1-3H3,(H,31,32)(H,33,34)/b21-10-. The number of ether oxygens (including phenoxy) is 2. The second-order valence-corrected chi connectivity index (χ2v) is 8.03. The molecule has 0 bridgehead atoms. The van der Waals surface area contributed by atoms with Crippen LogP contribution in [-0.4, -0.2) is 30.1 Å². The number of fused-ring (bicyclic) bond motifs is 1. The summed E-state index contributed by atoms with van der Waals surface area (Å²) in [6.07, 6.45) is 4.98. The average molecular weight is 478 g/mol. The van der Waals surface area contributed by atoms with Crippen LogP contribution in [0.3, 0.4) is 0 Å². The van der Waals surface area contributed by atoms with Gasteiger partial charge in [-0.3, -0.25) is 4.79 Å². The van der Waals surface area contributed by atoms with Crippen LogP contribution in [0.15, 0.2) is 66.5 Å². The largest absolute Gasteiger partial charge is 0.493 e. The number of amides is 1. The van der Waals surface area contributed by atoms with Crippen molar-refractivity contribution in [1.82, 2.24) is 15.3 Å². The molecule has 2 N–H and O–H groups in total. The van der Waals surface area contributed by atoms with Gasteiger partial charge >= 0.3 is 0 Å². The molecule has 36 heavy (non-hydrogen) atoms. The van der Waals surface area contributed by atoms with E-state index in [2.05, 4.69) is 21.4 Å². The maximum atomic E-state index is 12.9. The summed E-state index contributed by atoms with van der Waals surface area (Å²) in [6, 6.07) is 18.3. The number of nitrogens with one attached hydrogen (secondary N) is 2. The number of nitrogens with zero attached hydrogens (tertiary/aromatic N) is 3. The smallest absolute Gasteiger partial charge is 0.262 e. The molecule has 178 valence electrons. The number of H-pyrrole nitrogens is 1. The molecule has 0 aliphatic carbocycles. The van der Waals surface area contributed by atoms with Gasteiger partial charge in [-0.2, -0.15) is 10.5 Å². The summed E-state index contributed by atoms with van der Waals surface area (Å²) in [7, 11) is 3.10. The third-order valence-corrected chi connectivity index (χ3v) is 5.83. The Morgan fingerprint density at radius 1 is 1.06 bits per heavy atom. The number of pyridine rings is 1. The van der Waals surface area contributed by atoms with Gasteiger partial charge in [0.15, 0.2) is 11.5 Å². The number of carbonyl (C=O) groups excluding carboxylic acids is 1. The maximum absolute atomic E-state index is 12.9. The summed E-state index contributed by atoms with van der Waals surface area (Å²) in [4.78, 5) is 20.5. The van der Waals surface area contributed by atoms with Gasteiger partial charge in [0.1, 0.15) is 17.3 Å². The monoisotopic (exact) mass is 477 g/mol. The van der Waals surface area contributed by atoms with Crippen molar-refractivity contribution in [3.05, 3.63) is 83.2 Å². The van der Waals surface area contributed by atoms with Crippen LogP contribution in [0.4, 0.5) is 0 Å². The normalized spacial score (nSPS) is 11.9. The molecule has 1 atom stereocenters. The zero-order chi connectivity index (χ0) is 25.7. The van der Waals surface area contributed by atoms with Gasteiger partial charge in [0.05, 0.1) is 31.9 Å². The van der Waals surface area contributed by atoms with Gasteiger partial charge in [-0.1, -0.05) is 18.2 Å². The second-order valence-electron chi connectivity index (χ2n) is 8.03.